The van der Waals surface area contributed by atoms with Crippen LogP contribution in [-0.4, -0.2) is 29.1 Å². The number of methoxy groups -OCH3 is 1. The normalized spacial score (nSPS) is 10.5. The van der Waals surface area contributed by atoms with Crippen LogP contribution >= 0.6 is 0 Å². The van der Waals surface area contributed by atoms with Gasteiger partial charge in [-0.25, -0.2) is 9.48 Å². The molecule has 0 aliphatic carbocycles. The number of benzene rings is 2. The second kappa shape index (κ2) is 5.20. The Morgan fingerprint density at radius 2 is 1.95 bits per heavy atom. The average molecular weight is 280 g/mol. The number of hydrogen-bond donors (Lipinski definition) is 0. The van der Waals surface area contributed by atoms with Crippen LogP contribution in [0.1, 0.15) is 20.7 Å². The first kappa shape index (κ1) is 13.1. The fourth-order valence-corrected chi connectivity index (χ4v) is 2.16. The third kappa shape index (κ3) is 2.29. The van der Waals surface area contributed by atoms with Crippen molar-refractivity contribution >= 4 is 23.2 Å². The molecule has 0 unspecified atom stereocenters. The zero-order chi connectivity index (χ0) is 14.8. The van der Waals surface area contributed by atoms with Gasteiger partial charge in [-0.3, -0.25) is 4.79 Å². The fraction of sp³-hybridized carbons (Fsp3) is 0.0625. The van der Waals surface area contributed by atoms with E-state index in [2.05, 4.69) is 5.10 Å². The van der Waals surface area contributed by atoms with Gasteiger partial charge in [0.1, 0.15) is 11.8 Å². The zero-order valence-corrected chi connectivity index (χ0v) is 11.3. The summed E-state index contributed by atoms with van der Waals surface area (Å²) in [6.45, 7) is 0. The van der Waals surface area contributed by atoms with Gasteiger partial charge in [0.05, 0.1) is 18.4 Å². The third-order valence-corrected chi connectivity index (χ3v) is 3.24. The maximum Gasteiger partial charge on any atom is 0.340 e. The van der Waals surface area contributed by atoms with Crippen molar-refractivity contribution < 1.29 is 14.3 Å². The molecule has 5 heteroatoms. The molecule has 0 saturated carbocycles. The number of aromatic nitrogens is 2. The van der Waals surface area contributed by atoms with Gasteiger partial charge in [-0.2, -0.15) is 5.10 Å². The summed E-state index contributed by atoms with van der Waals surface area (Å²) in [6, 6.07) is 12.4. The molecule has 1 heterocycles. The lowest BCUT2D eigenvalue weighted by Crippen LogP contribution is -2.02. The van der Waals surface area contributed by atoms with Crippen molar-refractivity contribution in [2.45, 2.75) is 0 Å². The summed E-state index contributed by atoms with van der Waals surface area (Å²) >= 11 is 0. The molecule has 0 radical (unpaired) electrons. The van der Waals surface area contributed by atoms with Crippen LogP contribution in [0.5, 0.6) is 0 Å². The van der Waals surface area contributed by atoms with E-state index in [-0.39, 0.29) is 0 Å². The first-order valence-electron chi connectivity index (χ1n) is 6.35. The quantitative estimate of drug-likeness (QED) is 0.546. The molecule has 3 aromatic rings. The molecule has 104 valence electrons. The summed E-state index contributed by atoms with van der Waals surface area (Å²) in [5, 5.41) is 5.28. The minimum Gasteiger partial charge on any atom is -0.465 e. The van der Waals surface area contributed by atoms with E-state index in [0.29, 0.717) is 16.6 Å². The summed E-state index contributed by atoms with van der Waals surface area (Å²) in [6.07, 6.45) is 2.62. The van der Waals surface area contributed by atoms with Crippen molar-refractivity contribution in [3.63, 3.8) is 0 Å². The van der Waals surface area contributed by atoms with Crippen molar-refractivity contribution in [3.8, 4) is 5.69 Å². The molecule has 0 spiro atoms. The number of esters is 1. The predicted molar refractivity (Wildman–Crippen MR) is 77.8 cm³/mol. The number of carbonyl (C=O) groups is 2. The third-order valence-electron chi connectivity index (χ3n) is 3.24. The highest BCUT2D eigenvalue weighted by atomic mass is 16.5. The minimum atomic E-state index is -0.415. The SMILES string of the molecule is COC(=O)c1cccc2cn(-c3ccc(C=O)cc3)nc12. The Morgan fingerprint density at radius 1 is 1.19 bits per heavy atom. The molecule has 0 aliphatic rings. The van der Waals surface area contributed by atoms with Crippen molar-refractivity contribution in [1.82, 2.24) is 9.78 Å². The van der Waals surface area contributed by atoms with Crippen LogP contribution in [0.4, 0.5) is 0 Å². The summed E-state index contributed by atoms with van der Waals surface area (Å²) in [5.41, 5.74) is 2.43. The number of ether oxygens (including phenoxy) is 1. The van der Waals surface area contributed by atoms with E-state index in [9.17, 15) is 9.59 Å². The number of nitrogens with zero attached hydrogens (tertiary/aromatic N) is 2. The molecule has 0 aliphatic heterocycles. The first-order valence-corrected chi connectivity index (χ1v) is 6.35. The number of aldehydes is 1. The molecule has 5 nitrogen and oxygen atoms in total. The lowest BCUT2D eigenvalue weighted by Gasteiger charge is -2.01. The van der Waals surface area contributed by atoms with Gasteiger partial charge >= 0.3 is 5.97 Å². The molecular weight excluding hydrogens is 268 g/mol. The number of rotatable bonds is 3. The Bertz CT molecular complexity index is 819. The minimum absolute atomic E-state index is 0.415. The fourth-order valence-electron chi connectivity index (χ4n) is 2.16. The first-order chi connectivity index (χ1) is 10.2. The lowest BCUT2D eigenvalue weighted by molar-refractivity contribution is 0.0602. The molecule has 1 aromatic heterocycles. The van der Waals surface area contributed by atoms with E-state index in [0.717, 1.165) is 17.4 Å². The molecule has 0 amide bonds. The van der Waals surface area contributed by atoms with Crippen molar-refractivity contribution in [1.29, 1.82) is 0 Å². The molecule has 0 saturated heterocycles. The Labute approximate surface area is 120 Å². The van der Waals surface area contributed by atoms with Crippen molar-refractivity contribution in [2.75, 3.05) is 7.11 Å². The van der Waals surface area contributed by atoms with Gasteiger partial charge in [-0.1, -0.05) is 12.1 Å². The Balaban J connectivity index is 2.12. The molecule has 2 aromatic carbocycles. The zero-order valence-electron chi connectivity index (χ0n) is 11.3. The van der Waals surface area contributed by atoms with Crippen LogP contribution < -0.4 is 0 Å². The van der Waals surface area contributed by atoms with Gasteiger partial charge < -0.3 is 4.74 Å². The predicted octanol–water partition coefficient (Wildman–Crippen LogP) is 2.62. The number of hydrogen-bond acceptors (Lipinski definition) is 4. The van der Waals surface area contributed by atoms with E-state index >= 15 is 0 Å². The van der Waals surface area contributed by atoms with Gasteiger partial charge in [0.2, 0.25) is 0 Å². The summed E-state index contributed by atoms with van der Waals surface area (Å²) < 4.78 is 6.43. The molecule has 0 atom stereocenters. The van der Waals surface area contributed by atoms with Crippen LogP contribution in [0.3, 0.4) is 0 Å². The largest absolute Gasteiger partial charge is 0.465 e. The Morgan fingerprint density at radius 3 is 2.62 bits per heavy atom. The van der Waals surface area contributed by atoms with E-state index in [1.807, 2.05) is 12.3 Å². The van der Waals surface area contributed by atoms with E-state index in [1.165, 1.54) is 7.11 Å². The van der Waals surface area contributed by atoms with Gasteiger partial charge in [0.25, 0.3) is 0 Å². The Kier molecular flexibility index (Phi) is 3.23. The highest BCUT2D eigenvalue weighted by Crippen LogP contribution is 2.20. The summed E-state index contributed by atoms with van der Waals surface area (Å²) in [4.78, 5) is 22.4. The highest BCUT2D eigenvalue weighted by molar-refractivity contribution is 6.02. The van der Waals surface area contributed by atoms with Gasteiger partial charge in [-0.05, 0) is 30.3 Å². The maximum atomic E-state index is 11.7. The molecule has 21 heavy (non-hydrogen) atoms. The van der Waals surface area contributed by atoms with Gasteiger partial charge in [-0.15, -0.1) is 0 Å². The van der Waals surface area contributed by atoms with Gasteiger partial charge in [0.15, 0.2) is 0 Å². The number of carbonyl (C=O) groups excluding carboxylic acids is 2. The second-order valence-corrected chi connectivity index (χ2v) is 4.52. The van der Waals surface area contributed by atoms with Crippen LogP contribution in [0.15, 0.2) is 48.7 Å². The van der Waals surface area contributed by atoms with E-state index in [4.69, 9.17) is 4.74 Å². The summed E-state index contributed by atoms with van der Waals surface area (Å²) in [5.74, 6) is -0.415. The Hall–Kier alpha value is -2.95. The van der Waals surface area contributed by atoms with Crippen LogP contribution in [0.25, 0.3) is 16.6 Å². The van der Waals surface area contributed by atoms with E-state index < -0.39 is 5.97 Å². The highest BCUT2D eigenvalue weighted by Gasteiger charge is 2.13. The monoisotopic (exact) mass is 280 g/mol. The number of fused-ring (bicyclic) bond motifs is 1. The van der Waals surface area contributed by atoms with Crippen LogP contribution in [-0.2, 0) is 4.74 Å². The maximum absolute atomic E-state index is 11.7. The molecular formula is C16H12N2O3. The standard InChI is InChI=1S/C16H12N2O3/c1-21-16(20)14-4-2-3-12-9-18(17-15(12)14)13-7-5-11(10-19)6-8-13/h2-10H,1H3. The van der Waals surface area contributed by atoms with Crippen LogP contribution in [0.2, 0.25) is 0 Å². The van der Waals surface area contributed by atoms with Crippen LogP contribution in [0, 0.1) is 0 Å². The topological polar surface area (TPSA) is 61.2 Å². The second-order valence-electron chi connectivity index (χ2n) is 4.52. The van der Waals surface area contributed by atoms with Crippen molar-refractivity contribution in [3.05, 3.63) is 59.8 Å². The molecule has 0 fully saturated rings. The smallest absolute Gasteiger partial charge is 0.340 e. The molecule has 0 bridgehead atoms. The summed E-state index contributed by atoms with van der Waals surface area (Å²) in [7, 11) is 1.34. The molecule has 0 N–H and O–H groups in total. The van der Waals surface area contributed by atoms with Gasteiger partial charge in [0, 0.05) is 17.1 Å². The van der Waals surface area contributed by atoms with Crippen molar-refractivity contribution in [2.24, 2.45) is 0 Å². The molecule has 3 rings (SSSR count). The van der Waals surface area contributed by atoms with E-state index in [1.54, 1.807) is 41.1 Å². The average Bonchev–Trinajstić information content (AvgIpc) is 2.98. The lowest BCUT2D eigenvalue weighted by atomic mass is 10.1.